The molecular formula is C37H64Br2O2. The minimum atomic E-state index is 0.0134. The molecule has 4 fully saturated rings. The largest absolute Gasteiger partial charge is 0.462 e. The van der Waals surface area contributed by atoms with E-state index in [1.807, 2.05) is 0 Å². The van der Waals surface area contributed by atoms with Crippen molar-refractivity contribution < 1.29 is 9.53 Å². The third kappa shape index (κ3) is 7.30. The number of fused-ring (bicyclic) bond motifs is 5. The molecule has 0 N–H and O–H groups in total. The van der Waals surface area contributed by atoms with Gasteiger partial charge in [0.1, 0.15) is 6.10 Å². The molecule has 0 bridgehead atoms. The maximum atomic E-state index is 12.8. The number of carbonyl (C=O) groups excluding carboxylic acids is 1. The molecule has 238 valence electrons. The molecule has 10 atom stereocenters. The van der Waals surface area contributed by atoms with Crippen molar-refractivity contribution in [1.29, 1.82) is 0 Å². The Morgan fingerprint density at radius 1 is 0.878 bits per heavy atom. The molecule has 4 heteroatoms. The Balaban J connectivity index is 1.34. The Kier molecular flexibility index (Phi) is 12.3. The molecule has 0 unspecified atom stereocenters. The van der Waals surface area contributed by atoms with Gasteiger partial charge in [0, 0.05) is 22.0 Å². The number of hydrogen-bond acceptors (Lipinski definition) is 2. The Morgan fingerprint density at radius 2 is 1.59 bits per heavy atom. The first-order valence-electron chi connectivity index (χ1n) is 18.0. The van der Waals surface area contributed by atoms with Crippen LogP contribution >= 0.6 is 31.9 Å². The Bertz CT molecular complexity index is 845. The molecule has 4 aliphatic rings. The fraction of sp³-hybridized carbons (Fsp3) is 0.973. The van der Waals surface area contributed by atoms with Crippen LogP contribution in [0.25, 0.3) is 0 Å². The lowest BCUT2D eigenvalue weighted by Gasteiger charge is -2.66. The molecule has 0 aromatic heterocycles. The van der Waals surface area contributed by atoms with E-state index >= 15 is 0 Å². The molecule has 0 saturated heterocycles. The summed E-state index contributed by atoms with van der Waals surface area (Å²) in [4.78, 5) is 13.2. The van der Waals surface area contributed by atoms with Crippen molar-refractivity contribution in [1.82, 2.24) is 0 Å². The average Bonchev–Trinajstić information content (AvgIpc) is 3.27. The van der Waals surface area contributed by atoms with E-state index in [9.17, 15) is 4.79 Å². The molecule has 41 heavy (non-hydrogen) atoms. The molecule has 0 aromatic carbocycles. The zero-order chi connectivity index (χ0) is 29.8. The summed E-state index contributed by atoms with van der Waals surface area (Å²) in [6.07, 6.45) is 23.7. The van der Waals surface area contributed by atoms with Gasteiger partial charge in [-0.25, -0.2) is 0 Å². The standard InChI is InChI=1S/C37H64Br2O2/c1-7-8-9-10-11-12-13-17-34(40)41-28-20-23-36(6)32-21-22-35(5)30(27(4)16-14-15-26(2)3)18-19-31(35)29(32)24-33(38)37(36,39)25-28/h26-33H,7-25H2,1-6H3/t27-,28-,29+,30-,31+,32+,33-,35-,36+,37-/m0/s1. The average molecular weight is 701 g/mol. The van der Waals surface area contributed by atoms with Gasteiger partial charge in [-0.3, -0.25) is 4.79 Å². The maximum Gasteiger partial charge on any atom is 0.306 e. The molecule has 0 aromatic rings. The summed E-state index contributed by atoms with van der Waals surface area (Å²) in [5.74, 6) is 5.13. The second kappa shape index (κ2) is 14.7. The molecule has 0 amide bonds. The van der Waals surface area contributed by atoms with E-state index in [0.717, 1.165) is 61.2 Å². The number of hydrogen-bond donors (Lipinski definition) is 0. The molecule has 4 rings (SSSR count). The quantitative estimate of drug-likeness (QED) is 0.102. The molecule has 0 spiro atoms. The van der Waals surface area contributed by atoms with Crippen LogP contribution < -0.4 is 0 Å². The van der Waals surface area contributed by atoms with Crippen LogP contribution in [-0.2, 0) is 9.53 Å². The summed E-state index contributed by atoms with van der Waals surface area (Å²) in [5, 5.41) is 0. The van der Waals surface area contributed by atoms with Crippen molar-refractivity contribution in [2.24, 2.45) is 46.3 Å². The van der Waals surface area contributed by atoms with E-state index in [2.05, 4.69) is 73.4 Å². The van der Waals surface area contributed by atoms with Crippen molar-refractivity contribution in [2.45, 2.75) is 179 Å². The molecular weight excluding hydrogens is 636 g/mol. The third-order valence-corrected chi connectivity index (χ3v) is 16.7. The molecule has 4 aliphatic carbocycles. The highest BCUT2D eigenvalue weighted by Crippen LogP contribution is 2.71. The fourth-order valence-electron chi connectivity index (χ4n) is 10.7. The highest BCUT2D eigenvalue weighted by Gasteiger charge is 2.67. The number of carbonyl (C=O) groups is 1. The van der Waals surface area contributed by atoms with Gasteiger partial charge in [-0.1, -0.05) is 131 Å². The normalized spacial score (nSPS) is 41.0. The van der Waals surface area contributed by atoms with Crippen molar-refractivity contribution in [3.05, 3.63) is 0 Å². The summed E-state index contributed by atoms with van der Waals surface area (Å²) >= 11 is 8.68. The van der Waals surface area contributed by atoms with Crippen LogP contribution in [0.3, 0.4) is 0 Å². The van der Waals surface area contributed by atoms with Gasteiger partial charge in [0.15, 0.2) is 0 Å². The van der Waals surface area contributed by atoms with E-state index in [1.165, 1.54) is 89.9 Å². The van der Waals surface area contributed by atoms with Gasteiger partial charge in [0.2, 0.25) is 0 Å². The lowest BCUT2D eigenvalue weighted by Crippen LogP contribution is -2.64. The summed E-state index contributed by atoms with van der Waals surface area (Å²) in [5.41, 5.74) is 0.782. The second-order valence-electron chi connectivity index (χ2n) is 16.1. The first-order valence-corrected chi connectivity index (χ1v) is 19.7. The fourth-order valence-corrected chi connectivity index (χ4v) is 12.9. The van der Waals surface area contributed by atoms with Gasteiger partial charge in [-0.15, -0.1) is 0 Å². The molecule has 2 nitrogen and oxygen atoms in total. The number of halogens is 2. The van der Waals surface area contributed by atoms with Crippen molar-refractivity contribution >= 4 is 37.8 Å². The smallest absolute Gasteiger partial charge is 0.306 e. The zero-order valence-corrected chi connectivity index (χ0v) is 30.8. The predicted molar refractivity (Wildman–Crippen MR) is 182 cm³/mol. The van der Waals surface area contributed by atoms with Gasteiger partial charge in [-0.05, 0) is 97.7 Å². The van der Waals surface area contributed by atoms with Crippen LogP contribution in [-0.4, -0.2) is 21.2 Å². The first kappa shape index (κ1) is 34.3. The van der Waals surface area contributed by atoms with Crippen LogP contribution in [0, 0.1) is 46.3 Å². The summed E-state index contributed by atoms with van der Waals surface area (Å²) in [6, 6.07) is 0. The van der Waals surface area contributed by atoms with Gasteiger partial charge in [-0.2, -0.15) is 0 Å². The molecule has 0 radical (unpaired) electrons. The van der Waals surface area contributed by atoms with Crippen LogP contribution in [0.4, 0.5) is 0 Å². The van der Waals surface area contributed by atoms with Crippen LogP contribution in [0.15, 0.2) is 0 Å². The van der Waals surface area contributed by atoms with Crippen LogP contribution in [0.2, 0.25) is 0 Å². The summed E-state index contributed by atoms with van der Waals surface area (Å²) in [7, 11) is 0. The molecule has 0 aliphatic heterocycles. The molecule has 0 heterocycles. The van der Waals surface area contributed by atoms with Gasteiger partial charge in [0.25, 0.3) is 0 Å². The number of unbranched alkanes of at least 4 members (excludes halogenated alkanes) is 6. The maximum absolute atomic E-state index is 12.8. The van der Waals surface area contributed by atoms with Crippen LogP contribution in [0.5, 0.6) is 0 Å². The number of alkyl halides is 2. The Morgan fingerprint density at radius 3 is 2.29 bits per heavy atom. The predicted octanol–water partition coefficient (Wildman–Crippen LogP) is 12.1. The van der Waals surface area contributed by atoms with E-state index < -0.39 is 0 Å². The van der Waals surface area contributed by atoms with E-state index in [0.29, 0.717) is 16.7 Å². The summed E-state index contributed by atoms with van der Waals surface area (Å²) in [6.45, 7) is 14.9. The number of ether oxygens (including phenoxy) is 1. The lowest BCUT2D eigenvalue weighted by molar-refractivity contribution is -0.158. The van der Waals surface area contributed by atoms with E-state index in [1.54, 1.807) is 0 Å². The van der Waals surface area contributed by atoms with Crippen molar-refractivity contribution in [2.75, 3.05) is 0 Å². The van der Waals surface area contributed by atoms with Gasteiger partial charge in [0.05, 0.1) is 0 Å². The highest BCUT2D eigenvalue weighted by atomic mass is 79.9. The topological polar surface area (TPSA) is 26.3 Å². The summed E-state index contributed by atoms with van der Waals surface area (Å²) < 4.78 is 6.18. The number of esters is 1. The third-order valence-electron chi connectivity index (χ3n) is 13.2. The number of rotatable bonds is 14. The van der Waals surface area contributed by atoms with Crippen molar-refractivity contribution in [3.63, 3.8) is 0 Å². The minimum Gasteiger partial charge on any atom is -0.462 e. The van der Waals surface area contributed by atoms with Crippen LogP contribution in [0.1, 0.15) is 164 Å². The SMILES string of the molecule is CCCCCCCCCC(=O)O[C@H]1CC[C@]2(C)[C@@H]3CC[C@]4(C)[C@H](CC[C@H]4[C@@H](C)CCCC(C)C)[C@H]3C[C@H](Br)[C@@]2(Br)C1. The van der Waals surface area contributed by atoms with E-state index in [4.69, 9.17) is 4.74 Å². The minimum absolute atomic E-state index is 0.0134. The zero-order valence-electron chi connectivity index (χ0n) is 27.6. The Labute approximate surface area is 271 Å². The molecule has 4 saturated carbocycles. The second-order valence-corrected chi connectivity index (χ2v) is 18.6. The van der Waals surface area contributed by atoms with E-state index in [-0.39, 0.29) is 21.8 Å². The van der Waals surface area contributed by atoms with Gasteiger partial charge < -0.3 is 4.74 Å². The monoisotopic (exact) mass is 698 g/mol. The Hall–Kier alpha value is 0.430. The van der Waals surface area contributed by atoms with Gasteiger partial charge >= 0.3 is 5.97 Å². The first-order chi connectivity index (χ1) is 19.5. The lowest BCUT2D eigenvalue weighted by atomic mass is 9.44. The van der Waals surface area contributed by atoms with Crippen molar-refractivity contribution in [3.8, 4) is 0 Å². The highest BCUT2D eigenvalue weighted by molar-refractivity contribution is 9.12.